The highest BCUT2D eigenvalue weighted by Gasteiger charge is 2.25. The van der Waals surface area contributed by atoms with Crippen LogP contribution >= 0.6 is 0 Å². The lowest BCUT2D eigenvalue weighted by Crippen LogP contribution is -2.41. The van der Waals surface area contributed by atoms with Gasteiger partial charge in [-0.15, -0.1) is 0 Å². The smallest absolute Gasteiger partial charge is 0.254 e. The van der Waals surface area contributed by atoms with Gasteiger partial charge in [0, 0.05) is 25.3 Å². The number of imide groups is 1. The van der Waals surface area contributed by atoms with Gasteiger partial charge in [0.25, 0.3) is 11.8 Å². The molecule has 0 unspecified atom stereocenters. The first-order valence-electron chi connectivity index (χ1n) is 9.91. The van der Waals surface area contributed by atoms with E-state index in [9.17, 15) is 14.4 Å². The van der Waals surface area contributed by atoms with Crippen LogP contribution in [0.3, 0.4) is 0 Å². The Hall–Kier alpha value is -1.81. The van der Waals surface area contributed by atoms with Gasteiger partial charge in [-0.1, -0.05) is 20.8 Å². The van der Waals surface area contributed by atoms with Gasteiger partial charge in [0.15, 0.2) is 0 Å². The lowest BCUT2D eigenvalue weighted by atomic mass is 9.93. The van der Waals surface area contributed by atoms with Crippen molar-refractivity contribution in [3.05, 3.63) is 12.2 Å². The summed E-state index contributed by atoms with van der Waals surface area (Å²) in [7, 11) is 0. The number of nitrogens with one attached hydrogen (secondary N) is 1. The van der Waals surface area contributed by atoms with Crippen molar-refractivity contribution in [1.29, 1.82) is 0 Å². The zero-order valence-electron chi connectivity index (χ0n) is 17.7. The van der Waals surface area contributed by atoms with Gasteiger partial charge in [0.1, 0.15) is 6.54 Å². The van der Waals surface area contributed by atoms with Crippen molar-refractivity contribution in [3.8, 4) is 0 Å². The molecule has 0 saturated carbocycles. The topological polar surface area (TPSA) is 103 Å². The summed E-state index contributed by atoms with van der Waals surface area (Å²) in [6, 6.07) is 0. The molecule has 1 aliphatic rings. The van der Waals surface area contributed by atoms with Gasteiger partial charge in [0.05, 0.1) is 46.2 Å². The van der Waals surface area contributed by atoms with E-state index >= 15 is 0 Å². The van der Waals surface area contributed by atoms with Crippen LogP contribution in [-0.2, 0) is 33.3 Å². The van der Waals surface area contributed by atoms with Crippen LogP contribution in [0.4, 0.5) is 0 Å². The van der Waals surface area contributed by atoms with Gasteiger partial charge in [-0.25, -0.2) is 0 Å². The summed E-state index contributed by atoms with van der Waals surface area (Å²) in [6.07, 6.45) is 3.31. The van der Waals surface area contributed by atoms with Crippen molar-refractivity contribution in [2.75, 3.05) is 65.9 Å². The van der Waals surface area contributed by atoms with Crippen molar-refractivity contribution >= 4 is 17.7 Å². The number of rotatable bonds is 16. The van der Waals surface area contributed by atoms with Crippen LogP contribution in [0.5, 0.6) is 0 Å². The van der Waals surface area contributed by atoms with E-state index in [0.717, 1.165) is 30.1 Å². The van der Waals surface area contributed by atoms with Gasteiger partial charge < -0.3 is 24.3 Å². The summed E-state index contributed by atoms with van der Waals surface area (Å²) in [5.41, 5.74) is 0.286. The molecule has 0 aromatic heterocycles. The molecule has 3 amide bonds. The monoisotopic (exact) mass is 414 g/mol. The Kier molecular flexibility index (Phi) is 12.4. The van der Waals surface area contributed by atoms with E-state index in [2.05, 4.69) is 26.1 Å². The molecule has 0 saturated heterocycles. The Morgan fingerprint density at radius 3 is 1.76 bits per heavy atom. The zero-order chi connectivity index (χ0) is 21.5. The van der Waals surface area contributed by atoms with Gasteiger partial charge >= 0.3 is 0 Å². The number of carbonyl (C=O) groups excluding carboxylic acids is 3. The van der Waals surface area contributed by atoms with E-state index in [1.54, 1.807) is 0 Å². The molecule has 0 aromatic rings. The molecular weight excluding hydrogens is 380 g/mol. The number of hydrogen-bond acceptors (Lipinski definition) is 7. The first-order valence-corrected chi connectivity index (χ1v) is 9.91. The maximum Gasteiger partial charge on any atom is 0.254 e. The fraction of sp³-hybridized carbons (Fsp3) is 0.750. The van der Waals surface area contributed by atoms with Crippen LogP contribution < -0.4 is 5.32 Å². The van der Waals surface area contributed by atoms with Gasteiger partial charge in [-0.05, 0) is 11.8 Å². The lowest BCUT2D eigenvalue weighted by molar-refractivity contribution is -0.141. The normalized spacial score (nSPS) is 14.1. The molecule has 0 aliphatic carbocycles. The fourth-order valence-electron chi connectivity index (χ4n) is 2.19. The first-order chi connectivity index (χ1) is 13.8. The third-order valence-corrected chi connectivity index (χ3v) is 3.88. The number of nitrogens with zero attached hydrogens (tertiary/aromatic N) is 1. The predicted molar refractivity (Wildman–Crippen MR) is 106 cm³/mol. The Morgan fingerprint density at radius 2 is 1.28 bits per heavy atom. The molecule has 0 radical (unpaired) electrons. The molecule has 9 nitrogen and oxygen atoms in total. The Balaban J connectivity index is 1.81. The van der Waals surface area contributed by atoms with Crippen LogP contribution in [0.2, 0.25) is 0 Å². The minimum Gasteiger partial charge on any atom is -0.379 e. The molecule has 0 aromatic carbocycles. The maximum absolute atomic E-state index is 11.7. The fourth-order valence-corrected chi connectivity index (χ4v) is 2.19. The summed E-state index contributed by atoms with van der Waals surface area (Å²) < 4.78 is 21.6. The van der Waals surface area contributed by atoms with E-state index in [4.69, 9.17) is 18.9 Å². The van der Waals surface area contributed by atoms with Gasteiger partial charge in [0.2, 0.25) is 5.91 Å². The van der Waals surface area contributed by atoms with Crippen LogP contribution in [-0.4, -0.2) is 88.6 Å². The lowest BCUT2D eigenvalue weighted by Gasteiger charge is -2.17. The predicted octanol–water partition coefficient (Wildman–Crippen LogP) is 0.530. The van der Waals surface area contributed by atoms with Crippen LogP contribution in [0.1, 0.15) is 27.2 Å². The molecule has 1 rings (SSSR count). The van der Waals surface area contributed by atoms with Gasteiger partial charge in [-0.3, -0.25) is 19.3 Å². The van der Waals surface area contributed by atoms with Crippen LogP contribution in [0.25, 0.3) is 0 Å². The second kappa shape index (κ2) is 14.2. The standard InChI is InChI=1S/C20H34N2O7/c1-20(2,3)6-8-26-10-12-28-14-15-29-13-11-27-9-7-21-17(23)16-22-18(24)4-5-19(22)25/h4-5H,6-16H2,1-3H3,(H,21,23). The van der Waals surface area contributed by atoms with Crippen molar-refractivity contribution in [3.63, 3.8) is 0 Å². The van der Waals surface area contributed by atoms with E-state index in [-0.39, 0.29) is 12.0 Å². The summed E-state index contributed by atoms with van der Waals surface area (Å²) in [6.45, 7) is 10.6. The molecule has 9 heteroatoms. The van der Waals surface area contributed by atoms with E-state index in [0.29, 0.717) is 52.8 Å². The number of carbonyl (C=O) groups is 3. The first kappa shape index (κ1) is 25.2. The average Bonchev–Trinajstić information content (AvgIpc) is 2.96. The Labute approximate surface area is 172 Å². The van der Waals surface area contributed by atoms with Crippen molar-refractivity contribution in [2.45, 2.75) is 27.2 Å². The largest absolute Gasteiger partial charge is 0.379 e. The molecule has 1 N–H and O–H groups in total. The molecule has 166 valence electrons. The molecule has 1 aliphatic heterocycles. The molecule has 0 atom stereocenters. The highest BCUT2D eigenvalue weighted by Crippen LogP contribution is 2.17. The third kappa shape index (κ3) is 13.1. The van der Waals surface area contributed by atoms with Crippen molar-refractivity contribution in [1.82, 2.24) is 10.2 Å². The molecule has 0 fully saturated rings. The number of ether oxygens (including phenoxy) is 4. The van der Waals surface area contributed by atoms with Crippen molar-refractivity contribution in [2.24, 2.45) is 5.41 Å². The number of amides is 3. The molecule has 29 heavy (non-hydrogen) atoms. The van der Waals surface area contributed by atoms with E-state index in [1.807, 2.05) is 0 Å². The Bertz CT molecular complexity index is 525. The average molecular weight is 414 g/mol. The maximum atomic E-state index is 11.7. The Morgan fingerprint density at radius 1 is 0.828 bits per heavy atom. The summed E-state index contributed by atoms with van der Waals surface area (Å²) >= 11 is 0. The minimum absolute atomic E-state index is 0.282. The molecule has 0 spiro atoms. The molecular formula is C20H34N2O7. The molecule has 1 heterocycles. The highest BCUT2D eigenvalue weighted by molar-refractivity contribution is 6.14. The summed E-state index contributed by atoms with van der Waals surface area (Å²) in [4.78, 5) is 35.2. The van der Waals surface area contributed by atoms with E-state index in [1.165, 1.54) is 0 Å². The van der Waals surface area contributed by atoms with Crippen molar-refractivity contribution < 1.29 is 33.3 Å². The minimum atomic E-state index is -0.476. The SMILES string of the molecule is CC(C)(C)CCOCCOCCOCCOCCNC(=O)CN1C(=O)C=CC1=O. The second-order valence-electron chi connectivity index (χ2n) is 7.71. The zero-order valence-corrected chi connectivity index (χ0v) is 17.7. The third-order valence-electron chi connectivity index (χ3n) is 3.88. The van der Waals surface area contributed by atoms with Gasteiger partial charge in [-0.2, -0.15) is 0 Å². The van der Waals surface area contributed by atoms with E-state index < -0.39 is 17.7 Å². The van der Waals surface area contributed by atoms with Crippen LogP contribution in [0.15, 0.2) is 12.2 Å². The molecule has 0 bridgehead atoms. The quantitative estimate of drug-likeness (QED) is 0.290. The summed E-state index contributed by atoms with van der Waals surface area (Å²) in [5, 5.41) is 2.59. The van der Waals surface area contributed by atoms with Crippen LogP contribution in [0, 0.1) is 5.41 Å². The highest BCUT2D eigenvalue weighted by atomic mass is 16.6. The summed E-state index contributed by atoms with van der Waals surface area (Å²) in [5.74, 6) is -1.36. The number of hydrogen-bond donors (Lipinski definition) is 1. The second-order valence-corrected chi connectivity index (χ2v) is 7.71.